The smallest absolute Gasteiger partial charge is 0.227 e. The standard InChI is InChI=1S/C27H25N3O/c1-20-13-15-23(16-14-20)30-19-22(18-26(30)31)27-28-24-11-5-6-12-25(24)29(27)17-7-10-21-8-3-2-4-9-21/h2-16,22H,17-19H2,1H3. The van der Waals surface area contributed by atoms with E-state index in [0.29, 0.717) is 13.0 Å². The van der Waals surface area contributed by atoms with Crippen LogP contribution < -0.4 is 4.90 Å². The van der Waals surface area contributed by atoms with Crippen molar-refractivity contribution in [3.8, 4) is 0 Å². The number of benzene rings is 3. The molecule has 4 aromatic rings. The van der Waals surface area contributed by atoms with E-state index in [1.54, 1.807) is 0 Å². The molecule has 5 rings (SSSR count). The summed E-state index contributed by atoms with van der Waals surface area (Å²) in [6.45, 7) is 3.44. The Hall–Kier alpha value is -3.66. The Labute approximate surface area is 182 Å². The van der Waals surface area contributed by atoms with E-state index in [1.165, 1.54) is 11.1 Å². The van der Waals surface area contributed by atoms with Gasteiger partial charge in [-0.2, -0.15) is 0 Å². The quantitative estimate of drug-likeness (QED) is 0.433. The van der Waals surface area contributed by atoms with Crippen LogP contribution >= 0.6 is 0 Å². The van der Waals surface area contributed by atoms with Crippen LogP contribution in [-0.4, -0.2) is 22.0 Å². The fraction of sp³-hybridized carbons (Fsp3) is 0.185. The molecule has 0 aliphatic carbocycles. The summed E-state index contributed by atoms with van der Waals surface area (Å²) in [4.78, 5) is 19.7. The van der Waals surface area contributed by atoms with Crippen LogP contribution in [0.3, 0.4) is 0 Å². The Kier molecular flexibility index (Phi) is 5.13. The van der Waals surface area contributed by atoms with Crippen LogP contribution in [0.1, 0.15) is 29.3 Å². The minimum Gasteiger partial charge on any atom is -0.324 e. The molecule has 0 saturated carbocycles. The van der Waals surface area contributed by atoms with E-state index in [4.69, 9.17) is 4.98 Å². The summed E-state index contributed by atoms with van der Waals surface area (Å²) in [5, 5.41) is 0. The van der Waals surface area contributed by atoms with E-state index >= 15 is 0 Å². The number of amides is 1. The lowest BCUT2D eigenvalue weighted by Crippen LogP contribution is -2.24. The van der Waals surface area contributed by atoms with Gasteiger partial charge in [-0.3, -0.25) is 4.79 Å². The summed E-state index contributed by atoms with van der Waals surface area (Å²) in [6, 6.07) is 26.7. The van der Waals surface area contributed by atoms with Gasteiger partial charge in [-0.1, -0.05) is 72.3 Å². The average Bonchev–Trinajstić information content (AvgIpc) is 3.36. The van der Waals surface area contributed by atoms with Crippen LogP contribution in [0.5, 0.6) is 0 Å². The maximum atomic E-state index is 12.8. The summed E-state index contributed by atoms with van der Waals surface area (Å²) in [5.41, 5.74) is 5.42. The summed E-state index contributed by atoms with van der Waals surface area (Å²) in [7, 11) is 0. The lowest BCUT2D eigenvalue weighted by Gasteiger charge is -2.17. The molecule has 1 amide bonds. The average molecular weight is 408 g/mol. The second-order valence-electron chi connectivity index (χ2n) is 8.12. The van der Waals surface area contributed by atoms with Crippen molar-refractivity contribution in [2.75, 3.05) is 11.4 Å². The number of fused-ring (bicyclic) bond motifs is 1. The van der Waals surface area contributed by atoms with Gasteiger partial charge in [0.25, 0.3) is 0 Å². The number of aryl methyl sites for hydroxylation is 1. The van der Waals surface area contributed by atoms with Crippen molar-refractivity contribution in [1.82, 2.24) is 9.55 Å². The number of rotatable bonds is 5. The number of carbonyl (C=O) groups is 1. The third-order valence-corrected chi connectivity index (χ3v) is 5.92. The maximum Gasteiger partial charge on any atom is 0.227 e. The number of anilines is 1. The van der Waals surface area contributed by atoms with Crippen molar-refractivity contribution in [2.45, 2.75) is 25.8 Å². The number of carbonyl (C=O) groups excluding carboxylic acids is 1. The van der Waals surface area contributed by atoms with Gasteiger partial charge in [0.1, 0.15) is 5.82 Å². The molecule has 1 aliphatic heterocycles. The predicted molar refractivity (Wildman–Crippen MR) is 126 cm³/mol. The van der Waals surface area contributed by atoms with Crippen molar-refractivity contribution in [3.63, 3.8) is 0 Å². The van der Waals surface area contributed by atoms with E-state index in [-0.39, 0.29) is 11.8 Å². The van der Waals surface area contributed by atoms with Gasteiger partial charge in [-0.25, -0.2) is 4.98 Å². The molecule has 154 valence electrons. The lowest BCUT2D eigenvalue weighted by atomic mass is 10.1. The molecule has 3 aromatic carbocycles. The van der Waals surface area contributed by atoms with Crippen molar-refractivity contribution in [2.24, 2.45) is 0 Å². The molecule has 4 heteroatoms. The molecule has 1 aromatic heterocycles. The summed E-state index contributed by atoms with van der Waals surface area (Å²) < 4.78 is 2.26. The Morgan fingerprint density at radius 1 is 0.968 bits per heavy atom. The molecule has 1 atom stereocenters. The van der Waals surface area contributed by atoms with Crippen molar-refractivity contribution < 1.29 is 4.79 Å². The number of imidazole rings is 1. The van der Waals surface area contributed by atoms with Crippen LogP contribution in [0.15, 0.2) is 84.9 Å². The van der Waals surface area contributed by atoms with E-state index < -0.39 is 0 Å². The van der Waals surface area contributed by atoms with Crippen LogP contribution in [0.25, 0.3) is 17.1 Å². The molecule has 0 spiro atoms. The third-order valence-electron chi connectivity index (χ3n) is 5.92. The highest BCUT2D eigenvalue weighted by atomic mass is 16.2. The topological polar surface area (TPSA) is 38.1 Å². The predicted octanol–water partition coefficient (Wildman–Crippen LogP) is 5.58. The van der Waals surface area contributed by atoms with Crippen LogP contribution in [0.2, 0.25) is 0 Å². The molecule has 1 saturated heterocycles. The first kappa shape index (κ1) is 19.3. The van der Waals surface area contributed by atoms with Gasteiger partial charge in [-0.05, 0) is 36.8 Å². The van der Waals surface area contributed by atoms with Crippen molar-refractivity contribution >= 4 is 28.7 Å². The van der Waals surface area contributed by atoms with E-state index in [0.717, 1.165) is 29.1 Å². The SMILES string of the molecule is Cc1ccc(N2CC(c3nc4ccccc4n3CC=Cc3ccccc3)CC2=O)cc1. The van der Waals surface area contributed by atoms with Gasteiger partial charge >= 0.3 is 0 Å². The minimum absolute atomic E-state index is 0.0753. The van der Waals surface area contributed by atoms with Gasteiger partial charge in [0.05, 0.1) is 11.0 Å². The Balaban J connectivity index is 1.45. The first-order valence-corrected chi connectivity index (χ1v) is 10.7. The molecule has 0 radical (unpaired) electrons. The first-order valence-electron chi connectivity index (χ1n) is 10.7. The highest BCUT2D eigenvalue weighted by Crippen LogP contribution is 2.33. The molecule has 1 unspecified atom stereocenters. The van der Waals surface area contributed by atoms with Gasteiger partial charge in [-0.15, -0.1) is 0 Å². The van der Waals surface area contributed by atoms with Gasteiger partial charge in [0.2, 0.25) is 5.91 Å². The number of hydrogen-bond acceptors (Lipinski definition) is 2. The zero-order valence-electron chi connectivity index (χ0n) is 17.6. The fourth-order valence-electron chi connectivity index (χ4n) is 4.31. The zero-order valence-corrected chi connectivity index (χ0v) is 17.6. The molecule has 4 nitrogen and oxygen atoms in total. The monoisotopic (exact) mass is 407 g/mol. The highest BCUT2D eigenvalue weighted by molar-refractivity contribution is 5.96. The molecule has 31 heavy (non-hydrogen) atoms. The van der Waals surface area contributed by atoms with Crippen LogP contribution in [-0.2, 0) is 11.3 Å². The second-order valence-corrected chi connectivity index (χ2v) is 8.12. The fourth-order valence-corrected chi connectivity index (χ4v) is 4.31. The lowest BCUT2D eigenvalue weighted by molar-refractivity contribution is -0.117. The van der Waals surface area contributed by atoms with Gasteiger partial charge in [0.15, 0.2) is 0 Å². The Bertz CT molecular complexity index is 1240. The van der Waals surface area contributed by atoms with Gasteiger partial charge < -0.3 is 9.47 Å². The third kappa shape index (κ3) is 3.89. The Morgan fingerprint density at radius 3 is 2.52 bits per heavy atom. The number of aromatic nitrogens is 2. The molecular weight excluding hydrogens is 382 g/mol. The summed E-state index contributed by atoms with van der Waals surface area (Å²) in [6.07, 6.45) is 4.79. The molecular formula is C27H25N3O. The highest BCUT2D eigenvalue weighted by Gasteiger charge is 2.34. The van der Waals surface area contributed by atoms with Crippen LogP contribution in [0, 0.1) is 6.92 Å². The normalized spacial score (nSPS) is 16.6. The molecule has 1 aliphatic rings. The molecule has 2 heterocycles. The first-order chi connectivity index (χ1) is 15.2. The van der Waals surface area contributed by atoms with Crippen LogP contribution in [0.4, 0.5) is 5.69 Å². The minimum atomic E-state index is 0.0753. The van der Waals surface area contributed by atoms with E-state index in [9.17, 15) is 4.79 Å². The molecule has 0 N–H and O–H groups in total. The second kappa shape index (κ2) is 8.23. The number of nitrogens with zero attached hydrogens (tertiary/aromatic N) is 3. The van der Waals surface area contributed by atoms with Crippen molar-refractivity contribution in [1.29, 1.82) is 0 Å². The van der Waals surface area contributed by atoms with Crippen molar-refractivity contribution in [3.05, 3.63) is 102 Å². The molecule has 1 fully saturated rings. The van der Waals surface area contributed by atoms with Gasteiger partial charge in [0, 0.05) is 31.1 Å². The number of para-hydroxylation sites is 2. The number of allylic oxidation sites excluding steroid dienone is 1. The zero-order chi connectivity index (χ0) is 21.2. The number of hydrogen-bond donors (Lipinski definition) is 0. The summed E-state index contributed by atoms with van der Waals surface area (Å²) >= 11 is 0. The van der Waals surface area contributed by atoms with E-state index in [2.05, 4.69) is 54.0 Å². The Morgan fingerprint density at radius 2 is 1.71 bits per heavy atom. The maximum absolute atomic E-state index is 12.8. The largest absolute Gasteiger partial charge is 0.324 e. The summed E-state index contributed by atoms with van der Waals surface area (Å²) in [5.74, 6) is 1.22. The van der Waals surface area contributed by atoms with E-state index in [1.807, 2.05) is 53.4 Å². The molecule has 0 bridgehead atoms.